The maximum Gasteiger partial charge on any atom is 0.298 e. The van der Waals surface area contributed by atoms with Crippen LogP contribution in [0.4, 0.5) is 8.78 Å². The normalized spacial score (nSPS) is 22.6. The van der Waals surface area contributed by atoms with Crippen LogP contribution in [0, 0.1) is 0 Å². The van der Waals surface area contributed by atoms with E-state index in [2.05, 4.69) is 31.2 Å². The van der Waals surface area contributed by atoms with Crippen LogP contribution in [-0.2, 0) is 16.9 Å². The maximum absolute atomic E-state index is 15.0. The summed E-state index contributed by atoms with van der Waals surface area (Å²) in [7, 11) is 0. The fraction of sp³-hybridized carbons (Fsp3) is 0.211. The molecule has 1 atom stereocenters. The van der Waals surface area contributed by atoms with Gasteiger partial charge in [-0.1, -0.05) is 45.4 Å². The van der Waals surface area contributed by atoms with E-state index in [0.29, 0.717) is 21.3 Å². The lowest BCUT2D eigenvalue weighted by Crippen LogP contribution is -2.42. The highest BCUT2D eigenvalue weighted by atomic mass is 79.9. The van der Waals surface area contributed by atoms with Gasteiger partial charge in [0, 0.05) is 22.9 Å². The summed E-state index contributed by atoms with van der Waals surface area (Å²) in [6, 6.07) is 12.6. The Kier molecular flexibility index (Phi) is 3.49. The Balaban J connectivity index is 1.48. The van der Waals surface area contributed by atoms with Gasteiger partial charge in [0.1, 0.15) is 12.7 Å². The molecule has 2 heterocycles. The first-order chi connectivity index (χ1) is 13.0. The third-order valence-electron chi connectivity index (χ3n) is 5.16. The van der Waals surface area contributed by atoms with Gasteiger partial charge >= 0.3 is 0 Å². The lowest BCUT2D eigenvalue weighted by atomic mass is 9.86. The van der Waals surface area contributed by atoms with Crippen LogP contribution < -0.4 is 0 Å². The van der Waals surface area contributed by atoms with Crippen LogP contribution in [0.25, 0.3) is 5.69 Å². The van der Waals surface area contributed by atoms with Crippen molar-refractivity contribution < 1.29 is 13.6 Å². The molecule has 0 amide bonds. The third-order valence-corrected chi connectivity index (χ3v) is 5.90. The number of oxime groups is 1. The Morgan fingerprint density at radius 2 is 1.89 bits per heavy atom. The molecule has 0 bridgehead atoms. The van der Waals surface area contributed by atoms with Crippen molar-refractivity contribution in [3.05, 3.63) is 76.3 Å². The highest BCUT2D eigenvalue weighted by Gasteiger charge is 2.65. The van der Waals surface area contributed by atoms with Gasteiger partial charge in [-0.2, -0.15) is 5.10 Å². The van der Waals surface area contributed by atoms with Crippen molar-refractivity contribution in [2.45, 2.75) is 24.4 Å². The standard InChI is InChI=1S/C19H13BrF2N4O/c20-16-3-1-2-15-14(16)8-19(21,22)18(15)9-17(25-27-18)12-4-6-13(7-5-12)26-11-23-10-24-26/h1-7,10-11H,8-9H2. The minimum Gasteiger partial charge on any atom is -0.377 e. The van der Waals surface area contributed by atoms with E-state index in [9.17, 15) is 8.78 Å². The van der Waals surface area contributed by atoms with E-state index in [0.717, 1.165) is 11.3 Å². The number of benzene rings is 2. The van der Waals surface area contributed by atoms with Crippen LogP contribution in [0.1, 0.15) is 23.1 Å². The molecule has 0 fully saturated rings. The Morgan fingerprint density at radius 3 is 2.63 bits per heavy atom. The summed E-state index contributed by atoms with van der Waals surface area (Å²) >= 11 is 3.38. The van der Waals surface area contributed by atoms with Crippen LogP contribution >= 0.6 is 15.9 Å². The van der Waals surface area contributed by atoms with Gasteiger partial charge in [0.25, 0.3) is 5.92 Å². The average molecular weight is 431 g/mol. The second kappa shape index (κ2) is 5.69. The first kappa shape index (κ1) is 16.6. The maximum atomic E-state index is 15.0. The van der Waals surface area contributed by atoms with Crippen LogP contribution in [0.2, 0.25) is 0 Å². The number of aromatic nitrogens is 3. The number of fused-ring (bicyclic) bond motifs is 2. The predicted molar refractivity (Wildman–Crippen MR) is 98.1 cm³/mol. The second-order valence-electron chi connectivity index (χ2n) is 6.67. The van der Waals surface area contributed by atoms with Crippen molar-refractivity contribution >= 4 is 21.6 Å². The number of halogens is 3. The predicted octanol–water partition coefficient (Wildman–Crippen LogP) is 4.24. The van der Waals surface area contributed by atoms with Gasteiger partial charge < -0.3 is 4.84 Å². The van der Waals surface area contributed by atoms with E-state index in [1.807, 2.05) is 24.3 Å². The molecule has 2 aromatic carbocycles. The monoisotopic (exact) mass is 430 g/mol. The zero-order valence-electron chi connectivity index (χ0n) is 13.9. The molecular formula is C19H13BrF2N4O. The van der Waals surface area contributed by atoms with Crippen molar-refractivity contribution in [3.8, 4) is 5.69 Å². The molecule has 0 saturated carbocycles. The van der Waals surface area contributed by atoms with Crippen molar-refractivity contribution in [1.82, 2.24) is 14.8 Å². The highest BCUT2D eigenvalue weighted by Crippen LogP contribution is 2.56. The smallest absolute Gasteiger partial charge is 0.298 e. The van der Waals surface area contributed by atoms with Gasteiger partial charge in [-0.15, -0.1) is 0 Å². The molecule has 5 rings (SSSR count). The first-order valence-corrected chi connectivity index (χ1v) is 9.16. The van der Waals surface area contributed by atoms with Gasteiger partial charge in [-0.05, 0) is 29.3 Å². The van der Waals surface area contributed by atoms with Gasteiger partial charge in [0.15, 0.2) is 0 Å². The van der Waals surface area contributed by atoms with Gasteiger partial charge in [-0.25, -0.2) is 18.4 Å². The molecule has 3 aromatic rings. The molecule has 8 heteroatoms. The lowest BCUT2D eigenvalue weighted by Gasteiger charge is -2.29. The van der Waals surface area contributed by atoms with Gasteiger partial charge in [-0.3, -0.25) is 0 Å². The zero-order valence-corrected chi connectivity index (χ0v) is 15.5. The van der Waals surface area contributed by atoms with Crippen molar-refractivity contribution in [2.24, 2.45) is 5.16 Å². The molecule has 27 heavy (non-hydrogen) atoms. The SMILES string of the molecule is FC1(F)Cc2c(Br)cccc2C12CC(c1ccc(-n3cncn3)cc1)=NO2. The Bertz CT molecular complexity index is 1050. The van der Waals surface area contributed by atoms with E-state index >= 15 is 0 Å². The summed E-state index contributed by atoms with van der Waals surface area (Å²) in [4.78, 5) is 9.37. The molecule has 1 aliphatic heterocycles. The molecule has 0 N–H and O–H groups in total. The quantitative estimate of drug-likeness (QED) is 0.610. The molecule has 136 valence electrons. The fourth-order valence-corrected chi connectivity index (χ4v) is 4.26. The molecule has 1 spiro atoms. The molecule has 5 nitrogen and oxygen atoms in total. The summed E-state index contributed by atoms with van der Waals surface area (Å²) in [5.74, 6) is -3.04. The minimum atomic E-state index is -3.04. The number of hydrogen-bond acceptors (Lipinski definition) is 4. The van der Waals surface area contributed by atoms with E-state index in [1.54, 1.807) is 29.2 Å². The Hall–Kier alpha value is -2.61. The van der Waals surface area contributed by atoms with E-state index < -0.39 is 11.5 Å². The Labute approximate surface area is 161 Å². The third kappa shape index (κ3) is 2.36. The van der Waals surface area contributed by atoms with Gasteiger partial charge in [0.05, 0.1) is 11.4 Å². The molecular weight excluding hydrogens is 418 g/mol. The topological polar surface area (TPSA) is 52.3 Å². The van der Waals surface area contributed by atoms with Gasteiger partial charge in [0.2, 0.25) is 5.60 Å². The highest BCUT2D eigenvalue weighted by molar-refractivity contribution is 9.10. The number of alkyl halides is 2. The molecule has 1 aliphatic carbocycles. The number of hydrogen-bond donors (Lipinski definition) is 0. The zero-order chi connectivity index (χ0) is 18.6. The summed E-state index contributed by atoms with van der Waals surface area (Å²) in [6.45, 7) is 0. The molecule has 0 saturated heterocycles. The Morgan fingerprint density at radius 1 is 1.07 bits per heavy atom. The van der Waals surface area contributed by atoms with E-state index in [1.165, 1.54) is 6.33 Å². The fourth-order valence-electron chi connectivity index (χ4n) is 3.76. The van der Waals surface area contributed by atoms with Crippen LogP contribution in [0.15, 0.2) is 64.7 Å². The molecule has 1 unspecified atom stereocenters. The summed E-state index contributed by atoms with van der Waals surface area (Å²) in [5.41, 5.74) is 1.42. The van der Waals surface area contributed by atoms with E-state index in [-0.39, 0.29) is 12.8 Å². The van der Waals surface area contributed by atoms with Crippen molar-refractivity contribution in [1.29, 1.82) is 0 Å². The van der Waals surface area contributed by atoms with Crippen molar-refractivity contribution in [2.75, 3.05) is 0 Å². The average Bonchev–Trinajstić information content (AvgIpc) is 3.38. The van der Waals surface area contributed by atoms with Crippen LogP contribution in [-0.4, -0.2) is 26.4 Å². The largest absolute Gasteiger partial charge is 0.377 e. The molecule has 2 aliphatic rings. The summed E-state index contributed by atoms with van der Waals surface area (Å²) in [5, 5.41) is 8.12. The molecule has 0 radical (unpaired) electrons. The summed E-state index contributed by atoms with van der Waals surface area (Å²) < 4.78 is 32.3. The number of nitrogens with zero attached hydrogens (tertiary/aromatic N) is 4. The summed E-state index contributed by atoms with van der Waals surface area (Å²) in [6.07, 6.45) is 2.70. The minimum absolute atomic E-state index is 0.0200. The second-order valence-corrected chi connectivity index (χ2v) is 7.52. The van der Waals surface area contributed by atoms with E-state index in [4.69, 9.17) is 4.84 Å². The molecule has 1 aromatic heterocycles. The van der Waals surface area contributed by atoms with Crippen LogP contribution in [0.5, 0.6) is 0 Å². The van der Waals surface area contributed by atoms with Crippen molar-refractivity contribution in [3.63, 3.8) is 0 Å². The number of rotatable bonds is 2. The first-order valence-electron chi connectivity index (χ1n) is 8.36. The van der Waals surface area contributed by atoms with Crippen LogP contribution in [0.3, 0.4) is 0 Å². The lowest BCUT2D eigenvalue weighted by molar-refractivity contribution is -0.191.